The minimum Gasteiger partial charge on any atom is -0.366 e. The molecule has 0 radical (unpaired) electrons. The van der Waals surface area contributed by atoms with E-state index in [-0.39, 0.29) is 44.8 Å². The number of fused-ring (bicyclic) bond motifs is 6. The minimum atomic E-state index is -0.783. The fourth-order valence-corrected chi connectivity index (χ4v) is 14.4. The van der Waals surface area contributed by atoms with Crippen molar-refractivity contribution in [2.24, 2.45) is 0 Å². The molecule has 0 fully saturated rings. The second-order valence-corrected chi connectivity index (χ2v) is 19.8. The van der Waals surface area contributed by atoms with E-state index in [9.17, 15) is 0 Å². The Morgan fingerprint density at radius 2 is 0.617 bits per heavy atom. The summed E-state index contributed by atoms with van der Waals surface area (Å²) < 4.78 is 0. The summed E-state index contributed by atoms with van der Waals surface area (Å²) in [5.41, 5.74) is 12.4. The zero-order valence-corrected chi connectivity index (χ0v) is 39.4. The maximum atomic E-state index is 7.12. The van der Waals surface area contributed by atoms with E-state index in [1.165, 1.54) is 78.0 Å². The van der Waals surface area contributed by atoms with Gasteiger partial charge in [-0.1, -0.05) is 145 Å². The Morgan fingerprint density at radius 3 is 0.933 bits per heavy atom. The van der Waals surface area contributed by atoms with E-state index in [0.29, 0.717) is 0 Å². The van der Waals surface area contributed by atoms with Gasteiger partial charge in [-0.15, -0.1) is 35.4 Å². The van der Waals surface area contributed by atoms with Crippen LogP contribution in [0.4, 0.5) is 0 Å². The Labute approximate surface area is 390 Å². The van der Waals surface area contributed by atoms with E-state index in [2.05, 4.69) is 206 Å². The van der Waals surface area contributed by atoms with Crippen molar-refractivity contribution in [2.75, 3.05) is 12.3 Å². The van der Waals surface area contributed by atoms with Crippen molar-refractivity contribution in [2.45, 2.75) is 12.8 Å². The molecule has 10 rings (SSSR count). The van der Waals surface area contributed by atoms with Gasteiger partial charge in [-0.3, -0.25) is 11.8 Å². The number of hydrogen-bond donors (Lipinski definition) is 0. The summed E-state index contributed by atoms with van der Waals surface area (Å²) in [4.78, 5) is 0. The van der Waals surface area contributed by atoms with Crippen LogP contribution in [-0.2, 0) is 57.6 Å². The Hall–Kier alpha value is -4.78. The van der Waals surface area contributed by atoms with Crippen LogP contribution in [0.15, 0.2) is 206 Å². The van der Waals surface area contributed by atoms with Crippen LogP contribution in [0.5, 0.6) is 0 Å². The molecule has 0 saturated heterocycles. The van der Waals surface area contributed by atoms with Crippen molar-refractivity contribution >= 4 is 37.1 Å². The van der Waals surface area contributed by atoms with Gasteiger partial charge in [0.1, 0.15) is 12.3 Å². The van der Waals surface area contributed by atoms with Gasteiger partial charge in [0.05, 0.1) is 37.1 Å². The molecule has 8 aromatic carbocycles. The second kappa shape index (κ2) is 22.2. The molecule has 0 bridgehead atoms. The van der Waals surface area contributed by atoms with Gasteiger partial charge >= 0.3 is 44.8 Å². The zero-order valence-electron chi connectivity index (χ0n) is 33.1. The molecule has 4 heteroatoms. The average molecular weight is 1170 g/mol. The Morgan fingerprint density at radius 1 is 0.333 bits per heavy atom. The van der Waals surface area contributed by atoms with Crippen LogP contribution in [0.3, 0.4) is 0 Å². The quantitative estimate of drug-likeness (QED) is 0.0646. The molecule has 0 atom stereocenters. The smallest absolute Gasteiger partial charge is 0.366 e. The van der Waals surface area contributed by atoms with Crippen molar-refractivity contribution in [1.29, 1.82) is 0 Å². The molecule has 0 heterocycles. The molecular formula is C56H44Au2P2+2. The van der Waals surface area contributed by atoms with E-state index in [1.807, 2.05) is 12.1 Å². The summed E-state index contributed by atoms with van der Waals surface area (Å²) in [5.74, 6) is 4.87. The third kappa shape index (κ3) is 10.7. The normalized spacial score (nSPS) is 11.0. The Kier molecular flexibility index (Phi) is 16.5. The topological polar surface area (TPSA) is 0 Å². The zero-order chi connectivity index (χ0) is 39.5. The van der Waals surface area contributed by atoms with Crippen LogP contribution in [-0.4, -0.2) is 12.3 Å². The Bertz CT molecular complexity index is 2430. The van der Waals surface area contributed by atoms with Crippen molar-refractivity contribution in [3.05, 3.63) is 252 Å². The molecule has 0 aromatic heterocycles. The molecule has 2 aliphatic rings. The van der Waals surface area contributed by atoms with E-state index in [0.717, 1.165) is 24.0 Å². The predicted octanol–water partition coefficient (Wildman–Crippen LogP) is 11.1. The molecule has 0 nitrogen and oxygen atoms in total. The molecule has 2 aliphatic carbocycles. The van der Waals surface area contributed by atoms with E-state index in [4.69, 9.17) is 12.8 Å². The van der Waals surface area contributed by atoms with Crippen molar-refractivity contribution in [3.8, 4) is 34.1 Å². The average Bonchev–Trinajstić information content (AvgIpc) is 3.87. The molecule has 0 unspecified atom stereocenters. The van der Waals surface area contributed by atoms with Crippen LogP contribution in [0, 0.1) is 24.7 Å². The molecular weight excluding hydrogens is 1130 g/mol. The van der Waals surface area contributed by atoms with Gasteiger partial charge in [0.15, 0.2) is 0 Å². The van der Waals surface area contributed by atoms with Crippen LogP contribution in [0.1, 0.15) is 33.4 Å². The first-order valence-corrected chi connectivity index (χ1v) is 23.3. The predicted molar refractivity (Wildman–Crippen MR) is 253 cm³/mol. The van der Waals surface area contributed by atoms with E-state index >= 15 is 0 Å². The van der Waals surface area contributed by atoms with Crippen LogP contribution >= 0.6 is 15.8 Å². The first-order chi connectivity index (χ1) is 28.7. The maximum absolute atomic E-state index is 7.12. The van der Waals surface area contributed by atoms with Gasteiger partial charge in [-0.2, -0.15) is 0 Å². The fourth-order valence-electron chi connectivity index (χ4n) is 8.16. The molecule has 0 amide bonds. The largest absolute Gasteiger partial charge is 1.00 e. The van der Waals surface area contributed by atoms with Gasteiger partial charge in [0, 0.05) is 0 Å². The summed E-state index contributed by atoms with van der Waals surface area (Å²) >= 11 is 0. The van der Waals surface area contributed by atoms with Gasteiger partial charge in [-0.05, 0) is 94.8 Å². The van der Waals surface area contributed by atoms with Crippen LogP contribution in [0.25, 0.3) is 22.3 Å². The molecule has 8 aromatic rings. The van der Waals surface area contributed by atoms with E-state index < -0.39 is 15.8 Å². The third-order valence-corrected chi connectivity index (χ3v) is 17.1. The first-order valence-electron chi connectivity index (χ1n) is 19.9. The van der Waals surface area contributed by atoms with Crippen molar-refractivity contribution in [3.63, 3.8) is 0 Å². The van der Waals surface area contributed by atoms with Gasteiger partial charge in [-0.25, -0.2) is 0 Å². The minimum absolute atomic E-state index is 0. The van der Waals surface area contributed by atoms with Crippen LogP contribution in [0.2, 0.25) is 0 Å². The Balaban J connectivity index is 0.000000160. The summed E-state index contributed by atoms with van der Waals surface area (Å²) in [6.45, 7) is 0. The summed E-state index contributed by atoms with van der Waals surface area (Å²) in [6, 6.07) is 73.7. The van der Waals surface area contributed by atoms with Crippen molar-refractivity contribution < 1.29 is 44.8 Å². The summed E-state index contributed by atoms with van der Waals surface area (Å²) in [5, 5.41) is 6.06. The maximum Gasteiger partial charge on any atom is 1.00 e. The fraction of sp³-hybridized carbons (Fsp3) is 0.0714. The standard InChI is InChI=1S/C26H24P2.2C15H9.2Au/c1-5-13-23(14-6-1)27(24-15-7-2-8-16-24)21-22-28(25-17-9-3-10-18-25)26-19-11-4-12-20-26;2*1-2-11-7-8-15-13(9-11)10-12-5-3-4-6-14(12)15;;/h1-20H,21-22H2;2*3-9H,10H2;;/q;2*-1;2*+1/p+2. The second-order valence-electron chi connectivity index (χ2n) is 14.6. The first kappa shape index (κ1) is 44.8. The van der Waals surface area contributed by atoms with Crippen molar-refractivity contribution in [1.82, 2.24) is 0 Å². The van der Waals surface area contributed by atoms with Gasteiger partial charge in [0.2, 0.25) is 0 Å². The SMILES string of the molecule is [Au+].[Au+].[C-]#Cc1ccc2c(c1)Cc1ccccc1-2.[C-]#Cc1ccc2c(c1)Cc1ccccc1-2.c1ccc([PH+](CC[PH+](c2ccccc2)c2ccccc2)c2ccccc2)cc1. The monoisotopic (exact) mass is 1170 g/mol. The molecule has 0 saturated carbocycles. The molecule has 0 aliphatic heterocycles. The molecule has 298 valence electrons. The van der Waals surface area contributed by atoms with Gasteiger partial charge in [0.25, 0.3) is 0 Å². The molecule has 60 heavy (non-hydrogen) atoms. The number of rotatable bonds is 7. The molecule has 0 spiro atoms. The number of benzene rings is 8. The van der Waals surface area contributed by atoms with Crippen LogP contribution < -0.4 is 21.2 Å². The third-order valence-electron chi connectivity index (χ3n) is 11.0. The van der Waals surface area contributed by atoms with E-state index in [1.54, 1.807) is 0 Å². The number of hydrogen-bond acceptors (Lipinski definition) is 0. The summed E-state index contributed by atoms with van der Waals surface area (Å²) in [6.07, 6.45) is 18.7. The van der Waals surface area contributed by atoms with Gasteiger partial charge < -0.3 is 12.8 Å². The molecule has 0 N–H and O–H groups in total. The summed E-state index contributed by atoms with van der Waals surface area (Å²) in [7, 11) is -1.57.